The molecule has 6 heterocycles. The predicted octanol–water partition coefficient (Wildman–Crippen LogP) is 6.75. The first-order valence-electron chi connectivity index (χ1n) is 13.0. The number of hydrogen-bond acceptors (Lipinski definition) is 5. The Bertz CT molecular complexity index is 1690. The molecule has 0 aromatic carbocycles. The van der Waals surface area contributed by atoms with Crippen LogP contribution in [0, 0.1) is 5.92 Å². The lowest BCUT2D eigenvalue weighted by Gasteiger charge is -2.21. The van der Waals surface area contributed by atoms with Crippen LogP contribution in [0.2, 0.25) is 0 Å². The van der Waals surface area contributed by atoms with Crippen molar-refractivity contribution in [1.82, 2.24) is 35.1 Å². The highest BCUT2D eigenvalue weighted by Gasteiger charge is 2.17. The van der Waals surface area contributed by atoms with Gasteiger partial charge in [-0.2, -0.15) is 5.10 Å². The number of aromatic nitrogens is 7. The molecule has 0 spiro atoms. The number of pyridine rings is 4. The molecule has 37 heavy (non-hydrogen) atoms. The topological polar surface area (TPSA) is 96.0 Å². The van der Waals surface area contributed by atoms with E-state index in [1.54, 1.807) is 6.20 Å². The van der Waals surface area contributed by atoms with Gasteiger partial charge < -0.3 is 4.98 Å². The first-order valence-corrected chi connectivity index (χ1v) is 13.0. The van der Waals surface area contributed by atoms with Gasteiger partial charge in [0, 0.05) is 58.4 Å². The lowest BCUT2D eigenvalue weighted by Crippen LogP contribution is -2.09. The van der Waals surface area contributed by atoms with Crippen molar-refractivity contribution in [2.24, 2.45) is 5.92 Å². The second kappa shape index (κ2) is 9.24. The van der Waals surface area contributed by atoms with Crippen molar-refractivity contribution in [3.05, 3.63) is 79.1 Å². The number of fused-ring (bicyclic) bond motifs is 2. The minimum atomic E-state index is 0.773. The highest BCUT2D eigenvalue weighted by molar-refractivity contribution is 6.00. The molecule has 1 aliphatic rings. The summed E-state index contributed by atoms with van der Waals surface area (Å²) in [6.45, 7) is 0. The van der Waals surface area contributed by atoms with Crippen LogP contribution >= 0.6 is 0 Å². The van der Waals surface area contributed by atoms with Crippen LogP contribution in [0.4, 0.5) is 0 Å². The second-order valence-corrected chi connectivity index (χ2v) is 10.0. The molecule has 0 radical (unpaired) electrons. The van der Waals surface area contributed by atoms with Crippen LogP contribution in [0.3, 0.4) is 0 Å². The van der Waals surface area contributed by atoms with Crippen molar-refractivity contribution in [3.63, 3.8) is 0 Å². The van der Waals surface area contributed by atoms with Gasteiger partial charge in [-0.1, -0.05) is 32.1 Å². The van der Waals surface area contributed by atoms with E-state index in [0.717, 1.165) is 68.0 Å². The molecule has 1 saturated carbocycles. The molecule has 7 nitrogen and oxygen atoms in total. The summed E-state index contributed by atoms with van der Waals surface area (Å²) in [7, 11) is 0. The van der Waals surface area contributed by atoms with E-state index in [9.17, 15) is 0 Å². The summed E-state index contributed by atoms with van der Waals surface area (Å²) in [5.74, 6) is 0.773. The molecule has 7 heteroatoms. The van der Waals surface area contributed by atoms with E-state index in [-0.39, 0.29) is 0 Å². The van der Waals surface area contributed by atoms with E-state index in [0.29, 0.717) is 0 Å². The van der Waals surface area contributed by atoms with Crippen LogP contribution in [0.5, 0.6) is 0 Å². The highest BCUT2D eigenvalue weighted by Crippen LogP contribution is 2.34. The Morgan fingerprint density at radius 3 is 2.54 bits per heavy atom. The summed E-state index contributed by atoms with van der Waals surface area (Å²) in [5, 5.41) is 9.85. The van der Waals surface area contributed by atoms with Crippen molar-refractivity contribution in [1.29, 1.82) is 0 Å². The summed E-state index contributed by atoms with van der Waals surface area (Å²) in [6.07, 6.45) is 19.1. The van der Waals surface area contributed by atoms with E-state index in [2.05, 4.69) is 48.3 Å². The fourth-order valence-electron chi connectivity index (χ4n) is 5.66. The standard InChI is InChI=1S/C30H27N7/c1-2-5-19(6-3-1)11-20-12-22(17-32-15-20)26-13-24-28(18-34-26)36-37-30(24)27-14-23-25(35-27)8-10-33-29(23)21-7-4-9-31-16-21/h4,7-10,12-19,35H,1-3,5-6,11H2,(H,36,37). The molecule has 1 aliphatic carbocycles. The molecule has 7 rings (SSSR count). The van der Waals surface area contributed by atoms with Gasteiger partial charge in [0.05, 0.1) is 28.8 Å². The van der Waals surface area contributed by atoms with Crippen LogP contribution in [0.15, 0.2) is 73.6 Å². The third-order valence-corrected chi connectivity index (χ3v) is 7.53. The lowest BCUT2D eigenvalue weighted by molar-refractivity contribution is 0.356. The molecule has 0 amide bonds. The first-order chi connectivity index (χ1) is 18.3. The van der Waals surface area contributed by atoms with Gasteiger partial charge in [-0.25, -0.2) is 0 Å². The Hall–Kier alpha value is -4.39. The van der Waals surface area contributed by atoms with Crippen LogP contribution in [0.1, 0.15) is 37.7 Å². The molecule has 0 aliphatic heterocycles. The van der Waals surface area contributed by atoms with Gasteiger partial charge >= 0.3 is 0 Å². The Kier molecular flexibility index (Phi) is 5.46. The maximum absolute atomic E-state index is 4.73. The quantitative estimate of drug-likeness (QED) is 0.282. The van der Waals surface area contributed by atoms with Gasteiger partial charge in [-0.05, 0) is 54.3 Å². The van der Waals surface area contributed by atoms with Crippen LogP contribution in [0.25, 0.3) is 55.7 Å². The number of H-pyrrole nitrogens is 2. The first kappa shape index (κ1) is 21.9. The molecule has 1 fully saturated rings. The number of nitrogens with one attached hydrogen (secondary N) is 2. The van der Waals surface area contributed by atoms with Gasteiger partial charge in [-0.3, -0.25) is 25.0 Å². The monoisotopic (exact) mass is 485 g/mol. The van der Waals surface area contributed by atoms with Crippen LogP contribution < -0.4 is 0 Å². The van der Waals surface area contributed by atoms with Gasteiger partial charge in [0.15, 0.2) is 0 Å². The zero-order chi connectivity index (χ0) is 24.6. The zero-order valence-electron chi connectivity index (χ0n) is 20.5. The lowest BCUT2D eigenvalue weighted by atomic mass is 9.85. The molecule has 0 unspecified atom stereocenters. The maximum atomic E-state index is 4.73. The summed E-state index contributed by atoms with van der Waals surface area (Å²) in [4.78, 5) is 21.7. The molecular formula is C30H27N7. The fourth-order valence-corrected chi connectivity index (χ4v) is 5.66. The average Bonchev–Trinajstić information content (AvgIpc) is 3.58. The third-order valence-electron chi connectivity index (χ3n) is 7.53. The average molecular weight is 486 g/mol. The fraction of sp³-hybridized carbons (Fsp3) is 0.233. The van der Waals surface area contributed by atoms with Crippen molar-refractivity contribution in [2.75, 3.05) is 0 Å². The van der Waals surface area contributed by atoms with E-state index in [1.807, 2.05) is 49.2 Å². The van der Waals surface area contributed by atoms with Crippen LogP contribution in [-0.4, -0.2) is 35.1 Å². The van der Waals surface area contributed by atoms with E-state index in [1.165, 1.54) is 37.7 Å². The SMILES string of the molecule is c1cncc(-c2nccc3[nH]c(-c4n[nH]c5cnc(-c6cncc(CC7CCCCC7)c6)cc45)cc23)c1. The smallest absolute Gasteiger partial charge is 0.116 e. The minimum Gasteiger partial charge on any atom is -0.353 e. The van der Waals surface area contributed by atoms with Crippen molar-refractivity contribution in [3.8, 4) is 33.9 Å². The summed E-state index contributed by atoms with van der Waals surface area (Å²) in [5.41, 5.74) is 8.82. The van der Waals surface area contributed by atoms with Gasteiger partial charge in [0.2, 0.25) is 0 Å². The Balaban J connectivity index is 1.26. The highest BCUT2D eigenvalue weighted by atomic mass is 15.1. The Morgan fingerprint density at radius 2 is 1.65 bits per heavy atom. The van der Waals surface area contributed by atoms with Gasteiger partial charge in [-0.15, -0.1) is 0 Å². The van der Waals surface area contributed by atoms with E-state index < -0.39 is 0 Å². The Morgan fingerprint density at radius 1 is 0.757 bits per heavy atom. The third kappa shape index (κ3) is 4.16. The largest absolute Gasteiger partial charge is 0.353 e. The maximum Gasteiger partial charge on any atom is 0.116 e. The Labute approximate surface area is 214 Å². The van der Waals surface area contributed by atoms with Crippen molar-refractivity contribution < 1.29 is 0 Å². The number of hydrogen-bond donors (Lipinski definition) is 2. The molecule has 182 valence electrons. The number of rotatable bonds is 5. The van der Waals surface area contributed by atoms with Crippen molar-refractivity contribution >= 4 is 21.8 Å². The summed E-state index contributed by atoms with van der Waals surface area (Å²) >= 11 is 0. The number of aromatic amines is 2. The van der Waals surface area contributed by atoms with Gasteiger partial charge in [0.1, 0.15) is 5.69 Å². The number of nitrogens with zero attached hydrogens (tertiary/aromatic N) is 5. The van der Waals surface area contributed by atoms with Gasteiger partial charge in [0.25, 0.3) is 0 Å². The summed E-state index contributed by atoms with van der Waals surface area (Å²) in [6, 6.07) is 12.4. The second-order valence-electron chi connectivity index (χ2n) is 10.0. The molecule has 2 N–H and O–H groups in total. The molecule has 0 bridgehead atoms. The van der Waals surface area contributed by atoms with E-state index in [4.69, 9.17) is 4.98 Å². The zero-order valence-corrected chi connectivity index (χ0v) is 20.5. The molecule has 0 atom stereocenters. The van der Waals surface area contributed by atoms with Crippen molar-refractivity contribution in [2.45, 2.75) is 38.5 Å². The molecule has 0 saturated heterocycles. The predicted molar refractivity (Wildman–Crippen MR) is 146 cm³/mol. The normalized spacial score (nSPS) is 14.5. The molecule has 6 aromatic heterocycles. The molecular weight excluding hydrogens is 458 g/mol. The van der Waals surface area contributed by atoms with Crippen LogP contribution in [-0.2, 0) is 6.42 Å². The minimum absolute atomic E-state index is 0.773. The molecule has 6 aromatic rings. The summed E-state index contributed by atoms with van der Waals surface area (Å²) < 4.78 is 0. The van der Waals surface area contributed by atoms with E-state index >= 15 is 0 Å².